The highest BCUT2D eigenvalue weighted by molar-refractivity contribution is 6.30. The van der Waals surface area contributed by atoms with Gasteiger partial charge in [0, 0.05) is 22.7 Å². The van der Waals surface area contributed by atoms with E-state index in [1.807, 2.05) is 0 Å². The van der Waals surface area contributed by atoms with E-state index in [-0.39, 0.29) is 6.42 Å². The van der Waals surface area contributed by atoms with Crippen molar-refractivity contribution in [3.8, 4) is 0 Å². The molecule has 0 radical (unpaired) electrons. The normalized spacial score (nSPS) is 21.1. The summed E-state index contributed by atoms with van der Waals surface area (Å²) in [4.78, 5) is 11.9. The molecule has 3 rings (SSSR count). The number of hydrogen-bond donors (Lipinski definition) is 1. The number of carbonyl (C=O) groups excluding carboxylic acids is 1. The summed E-state index contributed by atoms with van der Waals surface area (Å²) in [5.41, 5.74) is -0.331. The van der Waals surface area contributed by atoms with Crippen LogP contribution in [0.1, 0.15) is 11.1 Å². The predicted molar refractivity (Wildman–Crippen MR) is 73.0 cm³/mol. The van der Waals surface area contributed by atoms with Crippen LogP contribution in [0.5, 0.6) is 0 Å². The molecule has 1 aliphatic rings. The van der Waals surface area contributed by atoms with Gasteiger partial charge in [-0.25, -0.2) is 4.39 Å². The third kappa shape index (κ3) is 2.00. The monoisotopic (exact) mass is 275 g/mol. The molecule has 96 valence electrons. The fraction of sp³-hybridized carbons (Fsp3) is 0.133. The Morgan fingerprint density at radius 2 is 1.79 bits per heavy atom. The minimum atomic E-state index is -2.01. The number of fused-ring (bicyclic) bond motifs is 1. The SMILES string of the molecule is O=C1Nc2ccccc2C1(F)Cc1ccc(Cl)cc1. The summed E-state index contributed by atoms with van der Waals surface area (Å²) in [7, 11) is 0. The molecule has 4 heteroatoms. The molecule has 1 heterocycles. The molecule has 1 N–H and O–H groups in total. The van der Waals surface area contributed by atoms with Crippen LogP contribution in [0.3, 0.4) is 0 Å². The Morgan fingerprint density at radius 3 is 2.53 bits per heavy atom. The van der Waals surface area contributed by atoms with Gasteiger partial charge < -0.3 is 5.32 Å². The number of anilines is 1. The van der Waals surface area contributed by atoms with Crippen LogP contribution in [0.25, 0.3) is 0 Å². The van der Waals surface area contributed by atoms with Crippen molar-refractivity contribution in [2.75, 3.05) is 5.32 Å². The largest absolute Gasteiger partial charge is 0.323 e. The third-order valence-corrected chi connectivity index (χ3v) is 3.58. The van der Waals surface area contributed by atoms with E-state index in [0.29, 0.717) is 16.3 Å². The summed E-state index contributed by atoms with van der Waals surface area (Å²) in [6.45, 7) is 0. The van der Waals surface area contributed by atoms with Crippen molar-refractivity contribution in [2.45, 2.75) is 12.1 Å². The Kier molecular flexibility index (Phi) is 2.79. The van der Waals surface area contributed by atoms with E-state index < -0.39 is 11.6 Å². The van der Waals surface area contributed by atoms with Crippen LogP contribution < -0.4 is 5.32 Å². The highest BCUT2D eigenvalue weighted by Crippen LogP contribution is 2.41. The minimum Gasteiger partial charge on any atom is -0.323 e. The molecule has 1 atom stereocenters. The van der Waals surface area contributed by atoms with Gasteiger partial charge in [-0.15, -0.1) is 0 Å². The van der Waals surface area contributed by atoms with Gasteiger partial charge in [0.1, 0.15) is 0 Å². The van der Waals surface area contributed by atoms with Crippen molar-refractivity contribution >= 4 is 23.2 Å². The van der Waals surface area contributed by atoms with E-state index in [4.69, 9.17) is 11.6 Å². The van der Waals surface area contributed by atoms with Gasteiger partial charge in [0.25, 0.3) is 5.91 Å². The fourth-order valence-corrected chi connectivity index (χ4v) is 2.47. The Bertz CT molecular complexity index is 641. The van der Waals surface area contributed by atoms with E-state index in [0.717, 1.165) is 5.56 Å². The van der Waals surface area contributed by atoms with Crippen LogP contribution in [0.2, 0.25) is 5.02 Å². The van der Waals surface area contributed by atoms with Crippen LogP contribution >= 0.6 is 11.6 Å². The summed E-state index contributed by atoms with van der Waals surface area (Å²) in [5.74, 6) is -0.608. The summed E-state index contributed by atoms with van der Waals surface area (Å²) in [5, 5.41) is 3.17. The van der Waals surface area contributed by atoms with Crippen molar-refractivity contribution in [3.63, 3.8) is 0 Å². The van der Waals surface area contributed by atoms with Gasteiger partial charge in [-0.2, -0.15) is 0 Å². The first kappa shape index (κ1) is 12.2. The van der Waals surface area contributed by atoms with Gasteiger partial charge in [-0.1, -0.05) is 41.9 Å². The van der Waals surface area contributed by atoms with Crippen LogP contribution in [0.4, 0.5) is 10.1 Å². The molecule has 0 aromatic heterocycles. The molecule has 2 aromatic rings. The number of hydrogen-bond acceptors (Lipinski definition) is 1. The standard InChI is InChI=1S/C15H11ClFNO/c16-11-7-5-10(6-8-11)9-15(17)12-3-1-2-4-13(12)18-14(15)19/h1-8H,9H2,(H,18,19). The Hall–Kier alpha value is -1.87. The number of nitrogens with one attached hydrogen (secondary N) is 1. The Balaban J connectivity index is 1.99. The molecule has 0 fully saturated rings. The number of carbonyl (C=O) groups is 1. The minimum absolute atomic E-state index is 0.00696. The molecule has 0 aliphatic carbocycles. The number of rotatable bonds is 2. The van der Waals surface area contributed by atoms with Gasteiger partial charge in [-0.3, -0.25) is 4.79 Å². The maximum absolute atomic E-state index is 15.0. The molecule has 1 unspecified atom stereocenters. The summed E-state index contributed by atoms with van der Waals surface area (Å²) >= 11 is 5.80. The summed E-state index contributed by atoms with van der Waals surface area (Å²) < 4.78 is 15.0. The molecule has 0 bridgehead atoms. The van der Waals surface area contributed by atoms with Crippen LogP contribution in [0, 0.1) is 0 Å². The van der Waals surface area contributed by atoms with Crippen LogP contribution in [-0.4, -0.2) is 5.91 Å². The van der Waals surface area contributed by atoms with E-state index in [1.54, 1.807) is 48.5 Å². The van der Waals surface area contributed by atoms with Gasteiger partial charge >= 0.3 is 0 Å². The molecule has 19 heavy (non-hydrogen) atoms. The highest BCUT2D eigenvalue weighted by Gasteiger charge is 2.47. The zero-order valence-electron chi connectivity index (χ0n) is 9.99. The van der Waals surface area contributed by atoms with Gasteiger partial charge in [0.05, 0.1) is 0 Å². The van der Waals surface area contributed by atoms with Gasteiger partial charge in [-0.05, 0) is 23.8 Å². The van der Waals surface area contributed by atoms with Crippen LogP contribution in [-0.2, 0) is 16.9 Å². The number of para-hydroxylation sites is 1. The van der Waals surface area contributed by atoms with E-state index in [1.165, 1.54) is 0 Å². The lowest BCUT2D eigenvalue weighted by Gasteiger charge is -2.17. The topological polar surface area (TPSA) is 29.1 Å². The van der Waals surface area contributed by atoms with Crippen molar-refractivity contribution in [1.29, 1.82) is 0 Å². The molecule has 1 aliphatic heterocycles. The molecule has 2 nitrogen and oxygen atoms in total. The average molecular weight is 276 g/mol. The number of halogens is 2. The zero-order chi connectivity index (χ0) is 13.5. The second-order valence-corrected chi connectivity index (χ2v) is 5.04. The van der Waals surface area contributed by atoms with Crippen molar-refractivity contribution in [3.05, 3.63) is 64.7 Å². The second kappa shape index (κ2) is 4.35. The predicted octanol–water partition coefficient (Wildman–Crippen LogP) is 3.70. The third-order valence-electron chi connectivity index (χ3n) is 3.32. The second-order valence-electron chi connectivity index (χ2n) is 4.60. The highest BCUT2D eigenvalue weighted by atomic mass is 35.5. The maximum atomic E-state index is 15.0. The molecule has 0 spiro atoms. The molecular formula is C15H11ClFNO. The van der Waals surface area contributed by atoms with Crippen molar-refractivity contribution < 1.29 is 9.18 Å². The smallest absolute Gasteiger partial charge is 0.267 e. The van der Waals surface area contributed by atoms with Gasteiger partial charge in [0.2, 0.25) is 5.67 Å². The summed E-state index contributed by atoms with van der Waals surface area (Å²) in [6, 6.07) is 13.7. The number of alkyl halides is 1. The molecule has 0 saturated carbocycles. The Labute approximate surface area is 115 Å². The zero-order valence-corrected chi connectivity index (χ0v) is 10.7. The molecular weight excluding hydrogens is 265 g/mol. The molecule has 2 aromatic carbocycles. The Morgan fingerprint density at radius 1 is 1.11 bits per heavy atom. The first-order valence-corrected chi connectivity index (χ1v) is 6.32. The average Bonchev–Trinajstić information content (AvgIpc) is 2.65. The maximum Gasteiger partial charge on any atom is 0.267 e. The van der Waals surface area contributed by atoms with Gasteiger partial charge in [0.15, 0.2) is 0 Å². The molecule has 0 saturated heterocycles. The van der Waals surface area contributed by atoms with E-state index in [9.17, 15) is 4.79 Å². The lowest BCUT2D eigenvalue weighted by molar-refractivity contribution is -0.126. The number of benzene rings is 2. The van der Waals surface area contributed by atoms with E-state index >= 15 is 4.39 Å². The lowest BCUT2D eigenvalue weighted by atomic mass is 9.90. The van der Waals surface area contributed by atoms with E-state index in [2.05, 4.69) is 5.32 Å². The fourth-order valence-electron chi connectivity index (χ4n) is 2.34. The molecule has 1 amide bonds. The van der Waals surface area contributed by atoms with Crippen molar-refractivity contribution in [1.82, 2.24) is 0 Å². The van der Waals surface area contributed by atoms with Crippen LogP contribution in [0.15, 0.2) is 48.5 Å². The quantitative estimate of drug-likeness (QED) is 0.890. The summed E-state index contributed by atoms with van der Waals surface area (Å²) in [6.07, 6.45) is 0.00696. The lowest BCUT2D eigenvalue weighted by Crippen LogP contribution is -2.31. The van der Waals surface area contributed by atoms with Crippen molar-refractivity contribution in [2.24, 2.45) is 0 Å². The number of amides is 1. The first-order chi connectivity index (χ1) is 9.09. The first-order valence-electron chi connectivity index (χ1n) is 5.94.